The van der Waals surface area contributed by atoms with Crippen molar-refractivity contribution in [3.05, 3.63) is 30.1 Å². The molecule has 0 saturated carbocycles. The van der Waals surface area contributed by atoms with Crippen LogP contribution in [0, 0.1) is 12.3 Å². The SMILES string of the molecule is C#CCCC[C@@H](NC(=O)c1ccncc1)C(N)=O. The summed E-state index contributed by atoms with van der Waals surface area (Å²) in [5, 5.41) is 2.58. The van der Waals surface area contributed by atoms with Crippen molar-refractivity contribution >= 4 is 11.8 Å². The van der Waals surface area contributed by atoms with E-state index >= 15 is 0 Å². The number of carbonyl (C=O) groups is 2. The zero-order chi connectivity index (χ0) is 13.4. The van der Waals surface area contributed by atoms with Gasteiger partial charge in [-0.2, -0.15) is 0 Å². The molecule has 0 aliphatic heterocycles. The Morgan fingerprint density at radius 3 is 2.67 bits per heavy atom. The van der Waals surface area contributed by atoms with Crippen LogP contribution in [0.2, 0.25) is 0 Å². The van der Waals surface area contributed by atoms with Crippen LogP contribution in [0.5, 0.6) is 0 Å². The molecule has 0 aliphatic rings. The number of unbranched alkanes of at least 4 members (excludes halogenated alkanes) is 1. The standard InChI is InChI=1S/C13H15N3O2/c1-2-3-4-5-11(12(14)17)16-13(18)10-6-8-15-9-7-10/h1,6-9,11H,3-5H2,(H2,14,17)(H,16,18)/t11-/m1/s1. The largest absolute Gasteiger partial charge is 0.368 e. The molecule has 0 saturated heterocycles. The number of terminal acetylenes is 1. The number of nitrogens with two attached hydrogens (primary N) is 1. The molecule has 2 amide bonds. The fraction of sp³-hybridized carbons (Fsp3) is 0.308. The molecule has 5 nitrogen and oxygen atoms in total. The topological polar surface area (TPSA) is 85.1 Å². The van der Waals surface area contributed by atoms with Crippen molar-refractivity contribution in [2.75, 3.05) is 0 Å². The number of aromatic nitrogens is 1. The monoisotopic (exact) mass is 245 g/mol. The van der Waals surface area contributed by atoms with Crippen LogP contribution in [0.25, 0.3) is 0 Å². The predicted octanol–water partition coefficient (Wildman–Crippen LogP) is 0.469. The number of primary amides is 1. The molecule has 5 heteroatoms. The number of hydrogen-bond donors (Lipinski definition) is 2. The van der Waals surface area contributed by atoms with E-state index in [1.54, 1.807) is 12.1 Å². The first kappa shape index (κ1) is 13.7. The lowest BCUT2D eigenvalue weighted by Crippen LogP contribution is -2.44. The second-order valence-electron chi connectivity index (χ2n) is 3.76. The molecule has 0 fully saturated rings. The van der Waals surface area contributed by atoms with Crippen molar-refractivity contribution in [1.82, 2.24) is 10.3 Å². The Bertz CT molecular complexity index is 451. The smallest absolute Gasteiger partial charge is 0.252 e. The number of nitrogens with one attached hydrogen (secondary N) is 1. The summed E-state index contributed by atoms with van der Waals surface area (Å²) in [6, 6.07) is 2.43. The van der Waals surface area contributed by atoms with Crippen LogP contribution in [0.1, 0.15) is 29.6 Å². The molecule has 0 spiro atoms. The number of nitrogens with zero attached hydrogens (tertiary/aromatic N) is 1. The van der Waals surface area contributed by atoms with E-state index in [-0.39, 0.29) is 5.91 Å². The van der Waals surface area contributed by atoms with E-state index in [9.17, 15) is 9.59 Å². The first-order valence-corrected chi connectivity index (χ1v) is 5.59. The first-order valence-electron chi connectivity index (χ1n) is 5.59. The quantitative estimate of drug-likeness (QED) is 0.564. The van der Waals surface area contributed by atoms with Crippen molar-refractivity contribution in [1.29, 1.82) is 0 Å². The zero-order valence-electron chi connectivity index (χ0n) is 9.93. The third-order valence-corrected chi connectivity index (χ3v) is 2.41. The van der Waals surface area contributed by atoms with E-state index in [4.69, 9.17) is 12.2 Å². The molecule has 0 unspecified atom stereocenters. The minimum Gasteiger partial charge on any atom is -0.368 e. The van der Waals surface area contributed by atoms with Gasteiger partial charge in [0.1, 0.15) is 6.04 Å². The number of carbonyl (C=O) groups excluding carboxylic acids is 2. The lowest BCUT2D eigenvalue weighted by molar-refractivity contribution is -0.120. The van der Waals surface area contributed by atoms with Gasteiger partial charge in [0, 0.05) is 24.4 Å². The fourth-order valence-electron chi connectivity index (χ4n) is 1.44. The minimum absolute atomic E-state index is 0.345. The Morgan fingerprint density at radius 2 is 2.11 bits per heavy atom. The molecule has 0 aliphatic carbocycles. The van der Waals surface area contributed by atoms with Crippen molar-refractivity contribution in [3.8, 4) is 12.3 Å². The van der Waals surface area contributed by atoms with Gasteiger partial charge in [-0.15, -0.1) is 12.3 Å². The van der Waals surface area contributed by atoms with Gasteiger partial charge < -0.3 is 11.1 Å². The van der Waals surface area contributed by atoms with E-state index in [0.717, 1.165) is 0 Å². The summed E-state index contributed by atoms with van der Waals surface area (Å²) in [6.45, 7) is 0. The highest BCUT2D eigenvalue weighted by Gasteiger charge is 2.18. The highest BCUT2D eigenvalue weighted by atomic mass is 16.2. The minimum atomic E-state index is -0.695. The summed E-state index contributed by atoms with van der Waals surface area (Å²) in [6.07, 6.45) is 9.77. The lowest BCUT2D eigenvalue weighted by Gasteiger charge is -2.14. The van der Waals surface area contributed by atoms with E-state index in [1.807, 2.05) is 0 Å². The second-order valence-corrected chi connectivity index (χ2v) is 3.76. The Hall–Kier alpha value is -2.35. The van der Waals surface area contributed by atoms with Gasteiger partial charge in [-0.05, 0) is 25.0 Å². The van der Waals surface area contributed by atoms with Crippen LogP contribution in [0.4, 0.5) is 0 Å². The molecule has 1 heterocycles. The number of pyridine rings is 1. The Labute approximate surface area is 106 Å². The molecule has 18 heavy (non-hydrogen) atoms. The zero-order valence-corrected chi connectivity index (χ0v) is 9.93. The average molecular weight is 245 g/mol. The normalized spacial score (nSPS) is 11.3. The summed E-state index contributed by atoms with van der Waals surface area (Å²) < 4.78 is 0. The summed E-state index contributed by atoms with van der Waals surface area (Å²) in [5.74, 6) is 1.57. The summed E-state index contributed by atoms with van der Waals surface area (Å²) >= 11 is 0. The third kappa shape index (κ3) is 4.26. The second kappa shape index (κ2) is 7.07. The molecule has 94 valence electrons. The lowest BCUT2D eigenvalue weighted by atomic mass is 10.1. The van der Waals surface area contributed by atoms with Gasteiger partial charge in [-0.25, -0.2) is 0 Å². The Balaban J connectivity index is 2.59. The fourth-order valence-corrected chi connectivity index (χ4v) is 1.44. The van der Waals surface area contributed by atoms with Crippen LogP contribution in [-0.4, -0.2) is 22.8 Å². The van der Waals surface area contributed by atoms with Gasteiger partial charge in [-0.3, -0.25) is 14.6 Å². The van der Waals surface area contributed by atoms with Gasteiger partial charge in [0.2, 0.25) is 5.91 Å². The molecule has 0 bridgehead atoms. The van der Waals surface area contributed by atoms with Crippen LogP contribution in [0.3, 0.4) is 0 Å². The highest BCUT2D eigenvalue weighted by molar-refractivity contribution is 5.97. The number of amides is 2. The molecular weight excluding hydrogens is 230 g/mol. The molecule has 3 N–H and O–H groups in total. The highest BCUT2D eigenvalue weighted by Crippen LogP contribution is 2.03. The predicted molar refractivity (Wildman–Crippen MR) is 67.4 cm³/mol. The summed E-state index contributed by atoms with van der Waals surface area (Å²) in [4.78, 5) is 26.8. The van der Waals surface area contributed by atoms with E-state index in [0.29, 0.717) is 24.8 Å². The number of rotatable bonds is 6. The van der Waals surface area contributed by atoms with Gasteiger partial charge in [0.25, 0.3) is 5.91 Å². The Morgan fingerprint density at radius 1 is 1.44 bits per heavy atom. The summed E-state index contributed by atoms with van der Waals surface area (Å²) in [5.41, 5.74) is 5.67. The van der Waals surface area contributed by atoms with Crippen LogP contribution < -0.4 is 11.1 Å². The molecule has 1 aromatic rings. The molecule has 0 aromatic carbocycles. The van der Waals surface area contributed by atoms with Crippen LogP contribution >= 0.6 is 0 Å². The van der Waals surface area contributed by atoms with Crippen LogP contribution in [0.15, 0.2) is 24.5 Å². The maximum atomic E-state index is 11.8. The van der Waals surface area contributed by atoms with Gasteiger partial charge in [0.15, 0.2) is 0 Å². The number of hydrogen-bond acceptors (Lipinski definition) is 3. The third-order valence-electron chi connectivity index (χ3n) is 2.41. The summed E-state index contributed by atoms with van der Waals surface area (Å²) in [7, 11) is 0. The maximum absolute atomic E-state index is 11.8. The molecule has 1 aromatic heterocycles. The molecule has 0 radical (unpaired) electrons. The first-order chi connectivity index (χ1) is 8.65. The average Bonchev–Trinajstić information content (AvgIpc) is 2.38. The van der Waals surface area contributed by atoms with Gasteiger partial charge in [-0.1, -0.05) is 0 Å². The van der Waals surface area contributed by atoms with Crippen molar-refractivity contribution in [2.24, 2.45) is 5.73 Å². The van der Waals surface area contributed by atoms with E-state index < -0.39 is 11.9 Å². The maximum Gasteiger partial charge on any atom is 0.252 e. The van der Waals surface area contributed by atoms with Gasteiger partial charge in [0.05, 0.1) is 0 Å². The van der Waals surface area contributed by atoms with Crippen molar-refractivity contribution < 1.29 is 9.59 Å². The van der Waals surface area contributed by atoms with Crippen LogP contribution in [-0.2, 0) is 4.79 Å². The van der Waals surface area contributed by atoms with Crippen molar-refractivity contribution in [2.45, 2.75) is 25.3 Å². The Kier molecular flexibility index (Phi) is 5.39. The molecule has 1 rings (SSSR count). The van der Waals surface area contributed by atoms with E-state index in [2.05, 4.69) is 16.2 Å². The van der Waals surface area contributed by atoms with Crippen molar-refractivity contribution in [3.63, 3.8) is 0 Å². The van der Waals surface area contributed by atoms with E-state index in [1.165, 1.54) is 12.4 Å². The molecular formula is C13H15N3O2. The van der Waals surface area contributed by atoms with Gasteiger partial charge >= 0.3 is 0 Å². The molecule has 1 atom stereocenters.